The van der Waals surface area contributed by atoms with Crippen molar-refractivity contribution in [3.05, 3.63) is 100 Å². The van der Waals surface area contributed by atoms with Gasteiger partial charge in [0.15, 0.2) is 4.34 Å². The first-order valence-corrected chi connectivity index (χ1v) is 17.5. The highest BCUT2D eigenvalue weighted by atomic mass is 35.5. The van der Waals surface area contributed by atoms with Crippen LogP contribution in [0.1, 0.15) is 68.7 Å². The zero-order valence-electron chi connectivity index (χ0n) is 25.8. The lowest BCUT2D eigenvalue weighted by Gasteiger charge is -2.22. The number of carbonyl (C=O) groups is 2. The summed E-state index contributed by atoms with van der Waals surface area (Å²) in [5, 5.41) is 21.1. The highest BCUT2D eigenvalue weighted by molar-refractivity contribution is 8.00. The van der Waals surface area contributed by atoms with E-state index in [0.717, 1.165) is 37.7 Å². The number of amides is 1. The van der Waals surface area contributed by atoms with Crippen molar-refractivity contribution in [3.63, 3.8) is 0 Å². The number of ether oxygens (including phenoxy) is 2. The summed E-state index contributed by atoms with van der Waals surface area (Å²) in [7, 11) is 0. The van der Waals surface area contributed by atoms with Crippen LogP contribution in [0.4, 0.5) is 5.13 Å². The molecule has 0 unspecified atom stereocenters. The SMILES string of the molecule is CCCCCOc1ccc([C@H]2C(=C(O)c3ccc(OCCCC)cc3)C(=O)C(=O)N2c2nnc(SCc3ccc(Cl)cc3)s2)cc1. The molecule has 1 saturated heterocycles. The van der Waals surface area contributed by atoms with Crippen molar-refractivity contribution in [1.29, 1.82) is 0 Å². The Hall–Kier alpha value is -3.86. The van der Waals surface area contributed by atoms with Gasteiger partial charge in [0.25, 0.3) is 5.78 Å². The number of unbranched alkanes of at least 4 members (excludes halogenated alkanes) is 3. The molecule has 0 radical (unpaired) electrons. The Labute approximate surface area is 282 Å². The van der Waals surface area contributed by atoms with E-state index in [-0.39, 0.29) is 16.5 Å². The third-order valence-corrected chi connectivity index (χ3v) is 9.81. The van der Waals surface area contributed by atoms with E-state index in [1.807, 2.05) is 48.5 Å². The number of ketones is 1. The van der Waals surface area contributed by atoms with Crippen LogP contribution in [0.5, 0.6) is 11.5 Å². The molecule has 0 bridgehead atoms. The molecule has 8 nitrogen and oxygen atoms in total. The molecule has 1 aromatic heterocycles. The molecule has 4 aromatic rings. The molecule has 5 rings (SSSR count). The molecule has 11 heteroatoms. The van der Waals surface area contributed by atoms with E-state index in [9.17, 15) is 14.7 Å². The fraction of sp³-hybridized carbons (Fsp3) is 0.314. The van der Waals surface area contributed by atoms with Crippen LogP contribution in [-0.4, -0.2) is 40.2 Å². The maximum atomic E-state index is 13.6. The Morgan fingerprint density at radius 1 is 0.870 bits per heavy atom. The molecule has 0 spiro atoms. The number of benzene rings is 3. The Morgan fingerprint density at radius 2 is 1.50 bits per heavy atom. The van der Waals surface area contributed by atoms with Crippen molar-refractivity contribution in [3.8, 4) is 11.5 Å². The van der Waals surface area contributed by atoms with Gasteiger partial charge >= 0.3 is 5.91 Å². The molecule has 240 valence electrons. The Morgan fingerprint density at radius 3 is 2.15 bits per heavy atom. The lowest BCUT2D eigenvalue weighted by Crippen LogP contribution is -2.29. The van der Waals surface area contributed by atoms with Crippen LogP contribution in [0.25, 0.3) is 5.76 Å². The van der Waals surface area contributed by atoms with Gasteiger partial charge in [0.1, 0.15) is 17.3 Å². The van der Waals surface area contributed by atoms with Gasteiger partial charge in [-0.15, -0.1) is 10.2 Å². The minimum absolute atomic E-state index is 0.0215. The highest BCUT2D eigenvalue weighted by Crippen LogP contribution is 2.44. The van der Waals surface area contributed by atoms with Crippen molar-refractivity contribution >= 4 is 57.3 Å². The summed E-state index contributed by atoms with van der Waals surface area (Å²) in [5.41, 5.74) is 2.07. The number of anilines is 1. The molecule has 2 heterocycles. The lowest BCUT2D eigenvalue weighted by atomic mass is 9.95. The predicted octanol–water partition coefficient (Wildman–Crippen LogP) is 8.86. The van der Waals surface area contributed by atoms with Crippen LogP contribution >= 0.6 is 34.7 Å². The second-order valence-electron chi connectivity index (χ2n) is 10.8. The van der Waals surface area contributed by atoms with E-state index in [0.29, 0.717) is 51.0 Å². The smallest absolute Gasteiger partial charge is 0.301 e. The predicted molar refractivity (Wildman–Crippen MR) is 184 cm³/mol. The van der Waals surface area contributed by atoms with Crippen molar-refractivity contribution < 1.29 is 24.2 Å². The summed E-state index contributed by atoms with van der Waals surface area (Å²) in [6.45, 7) is 5.42. The Balaban J connectivity index is 1.46. The van der Waals surface area contributed by atoms with Crippen LogP contribution in [0.3, 0.4) is 0 Å². The second kappa shape index (κ2) is 16.1. The molecule has 0 aliphatic carbocycles. The van der Waals surface area contributed by atoms with E-state index >= 15 is 0 Å². The largest absolute Gasteiger partial charge is 0.507 e. The highest BCUT2D eigenvalue weighted by Gasteiger charge is 2.48. The van der Waals surface area contributed by atoms with Gasteiger partial charge in [-0.1, -0.05) is 92.1 Å². The molecule has 1 atom stereocenters. The summed E-state index contributed by atoms with van der Waals surface area (Å²) >= 11 is 8.70. The number of rotatable bonds is 15. The maximum Gasteiger partial charge on any atom is 0.301 e. The van der Waals surface area contributed by atoms with Crippen molar-refractivity contribution in [2.45, 2.75) is 62.1 Å². The number of Topliss-reactive ketones (excluding diaryl/α,β-unsaturated/α-hetero) is 1. The molecule has 3 aromatic carbocycles. The Bertz CT molecular complexity index is 1660. The monoisotopic (exact) mass is 677 g/mol. The number of nitrogens with zero attached hydrogens (tertiary/aromatic N) is 3. The number of aliphatic hydroxyl groups is 1. The number of hydrogen-bond acceptors (Lipinski definition) is 9. The number of aliphatic hydroxyl groups excluding tert-OH is 1. The summed E-state index contributed by atoms with van der Waals surface area (Å²) in [6.07, 6.45) is 5.08. The first-order chi connectivity index (χ1) is 22.4. The summed E-state index contributed by atoms with van der Waals surface area (Å²) in [4.78, 5) is 28.6. The van der Waals surface area contributed by atoms with E-state index in [1.54, 1.807) is 24.3 Å². The van der Waals surface area contributed by atoms with Gasteiger partial charge in [-0.3, -0.25) is 14.5 Å². The zero-order valence-corrected chi connectivity index (χ0v) is 28.2. The zero-order chi connectivity index (χ0) is 32.5. The third kappa shape index (κ3) is 8.10. The fourth-order valence-electron chi connectivity index (χ4n) is 4.92. The molecular weight excluding hydrogens is 642 g/mol. The van der Waals surface area contributed by atoms with E-state index < -0.39 is 17.7 Å². The first kappa shape index (κ1) is 33.5. The average Bonchev–Trinajstić information content (AvgIpc) is 3.65. The van der Waals surface area contributed by atoms with Crippen molar-refractivity contribution in [1.82, 2.24) is 10.2 Å². The number of thioether (sulfide) groups is 1. The van der Waals surface area contributed by atoms with Crippen LogP contribution in [0.2, 0.25) is 5.02 Å². The molecular formula is C35H36ClN3O5S2. The quantitative estimate of drug-likeness (QED) is 0.0333. The maximum absolute atomic E-state index is 13.6. The lowest BCUT2D eigenvalue weighted by molar-refractivity contribution is -0.132. The van der Waals surface area contributed by atoms with E-state index in [4.69, 9.17) is 21.1 Å². The number of aromatic nitrogens is 2. The number of carbonyl (C=O) groups excluding carboxylic acids is 2. The van der Waals surface area contributed by atoms with Crippen LogP contribution in [-0.2, 0) is 15.3 Å². The number of halogens is 1. The molecule has 1 N–H and O–H groups in total. The minimum Gasteiger partial charge on any atom is -0.507 e. The minimum atomic E-state index is -0.920. The molecule has 1 aliphatic rings. The molecule has 1 aliphatic heterocycles. The van der Waals surface area contributed by atoms with Crippen molar-refractivity contribution in [2.24, 2.45) is 0 Å². The summed E-state index contributed by atoms with van der Waals surface area (Å²) in [5.74, 6) is 0.132. The number of hydrogen-bond donors (Lipinski definition) is 1. The first-order valence-electron chi connectivity index (χ1n) is 15.4. The molecule has 0 saturated carbocycles. The van der Waals surface area contributed by atoms with Gasteiger partial charge in [-0.05, 0) is 72.5 Å². The van der Waals surface area contributed by atoms with E-state index in [1.165, 1.54) is 28.0 Å². The van der Waals surface area contributed by atoms with Gasteiger partial charge < -0.3 is 14.6 Å². The Kier molecular flexibility index (Phi) is 11.7. The van der Waals surface area contributed by atoms with Gasteiger partial charge in [0, 0.05) is 16.3 Å². The summed E-state index contributed by atoms with van der Waals surface area (Å²) in [6, 6.07) is 20.7. The third-order valence-electron chi connectivity index (χ3n) is 7.43. The molecule has 46 heavy (non-hydrogen) atoms. The molecule has 1 amide bonds. The topological polar surface area (TPSA) is 102 Å². The standard InChI is InChI=1S/C35H36ClN3O5S2/c1-3-5-7-21-44-27-16-10-24(11-17-27)30-29(31(40)25-12-18-28(19-13-25)43-20-6-4-2)32(41)33(42)39(30)34-37-38-35(46-34)45-22-23-8-14-26(36)15-9-23/h8-19,30,40H,3-7,20-22H2,1-2H3/t30-/m0/s1. The second-order valence-corrected chi connectivity index (χ2v) is 13.4. The van der Waals surface area contributed by atoms with Gasteiger partial charge in [-0.2, -0.15) is 0 Å². The summed E-state index contributed by atoms with van der Waals surface area (Å²) < 4.78 is 12.3. The van der Waals surface area contributed by atoms with Crippen LogP contribution < -0.4 is 14.4 Å². The normalized spacial score (nSPS) is 15.8. The van der Waals surface area contributed by atoms with E-state index in [2.05, 4.69) is 24.0 Å². The molecule has 1 fully saturated rings. The van der Waals surface area contributed by atoms with Gasteiger partial charge in [-0.25, -0.2) is 0 Å². The van der Waals surface area contributed by atoms with Gasteiger partial charge in [0.2, 0.25) is 5.13 Å². The fourth-order valence-corrected chi connectivity index (χ4v) is 6.87. The van der Waals surface area contributed by atoms with Crippen molar-refractivity contribution in [2.75, 3.05) is 18.1 Å². The van der Waals surface area contributed by atoms with Gasteiger partial charge in [0.05, 0.1) is 24.8 Å². The van der Waals surface area contributed by atoms with Crippen LogP contribution in [0, 0.1) is 0 Å². The van der Waals surface area contributed by atoms with Crippen LogP contribution in [0.15, 0.2) is 82.7 Å². The average molecular weight is 678 g/mol.